The van der Waals surface area contributed by atoms with Crippen LogP contribution in [0.3, 0.4) is 0 Å². The third-order valence-electron chi connectivity index (χ3n) is 4.41. The number of hydrogen-bond acceptors (Lipinski definition) is 4. The van der Waals surface area contributed by atoms with Crippen molar-refractivity contribution in [1.29, 1.82) is 0 Å². The van der Waals surface area contributed by atoms with Crippen LogP contribution in [0.25, 0.3) is 0 Å². The zero-order chi connectivity index (χ0) is 16.2. The molecule has 1 aliphatic rings. The molecule has 0 bridgehead atoms. The van der Waals surface area contributed by atoms with Gasteiger partial charge in [-0.15, -0.1) is 0 Å². The molecule has 22 heavy (non-hydrogen) atoms. The van der Waals surface area contributed by atoms with Crippen molar-refractivity contribution in [2.45, 2.75) is 50.0 Å². The van der Waals surface area contributed by atoms with Crippen molar-refractivity contribution in [2.24, 2.45) is 5.92 Å². The van der Waals surface area contributed by atoms with Crippen LogP contribution in [0.2, 0.25) is 0 Å². The Morgan fingerprint density at radius 3 is 2.36 bits per heavy atom. The second-order valence-corrected chi connectivity index (χ2v) is 7.45. The van der Waals surface area contributed by atoms with Gasteiger partial charge >= 0.3 is 0 Å². The van der Waals surface area contributed by atoms with E-state index >= 15 is 0 Å². The highest BCUT2D eigenvalue weighted by Gasteiger charge is 2.27. The lowest BCUT2D eigenvalue weighted by atomic mass is 9.85. The average Bonchev–Trinajstić information content (AvgIpc) is 2.54. The largest absolute Gasteiger partial charge is 0.497 e. The Kier molecular flexibility index (Phi) is 5.69. The maximum Gasteiger partial charge on any atom is 0.244 e. The quantitative estimate of drug-likeness (QED) is 0.872. The van der Waals surface area contributed by atoms with Gasteiger partial charge in [0.25, 0.3) is 0 Å². The van der Waals surface area contributed by atoms with E-state index in [1.807, 2.05) is 0 Å². The standard InChI is InChI=1S/C16H25NO4S/c1-4-12-5-7-13(8-6-12)17-22(18,19)16-10-9-14(20-2)11-15(16)21-3/h9-13,17H,4-8H2,1-3H3. The predicted octanol–water partition coefficient (Wildman–Crippen LogP) is 2.95. The molecule has 0 spiro atoms. The first-order valence-electron chi connectivity index (χ1n) is 7.74. The minimum Gasteiger partial charge on any atom is -0.497 e. The van der Waals surface area contributed by atoms with E-state index < -0.39 is 10.0 Å². The highest BCUT2D eigenvalue weighted by atomic mass is 32.2. The zero-order valence-electron chi connectivity index (χ0n) is 13.5. The van der Waals surface area contributed by atoms with Crippen LogP contribution in [0.15, 0.2) is 23.1 Å². The van der Waals surface area contributed by atoms with E-state index in [9.17, 15) is 8.42 Å². The Morgan fingerprint density at radius 2 is 1.82 bits per heavy atom. The lowest BCUT2D eigenvalue weighted by molar-refractivity contribution is 0.306. The molecular weight excluding hydrogens is 302 g/mol. The van der Waals surface area contributed by atoms with Gasteiger partial charge in [-0.2, -0.15) is 0 Å². The van der Waals surface area contributed by atoms with E-state index in [1.165, 1.54) is 26.7 Å². The van der Waals surface area contributed by atoms with Gasteiger partial charge in [0, 0.05) is 12.1 Å². The Morgan fingerprint density at radius 1 is 1.14 bits per heavy atom. The van der Waals surface area contributed by atoms with E-state index in [4.69, 9.17) is 9.47 Å². The fourth-order valence-corrected chi connectivity index (χ4v) is 4.42. The van der Waals surface area contributed by atoms with Crippen molar-refractivity contribution < 1.29 is 17.9 Å². The van der Waals surface area contributed by atoms with Gasteiger partial charge in [-0.05, 0) is 43.7 Å². The summed E-state index contributed by atoms with van der Waals surface area (Å²) in [6.45, 7) is 2.19. The van der Waals surface area contributed by atoms with Crippen LogP contribution in [0, 0.1) is 5.92 Å². The summed E-state index contributed by atoms with van der Waals surface area (Å²) in [7, 11) is -0.589. The Labute approximate surface area is 133 Å². The summed E-state index contributed by atoms with van der Waals surface area (Å²) in [5, 5.41) is 0. The lowest BCUT2D eigenvalue weighted by Gasteiger charge is -2.28. The minimum absolute atomic E-state index is 0.0135. The van der Waals surface area contributed by atoms with Crippen molar-refractivity contribution in [3.63, 3.8) is 0 Å². The van der Waals surface area contributed by atoms with Crippen LogP contribution in [0.4, 0.5) is 0 Å². The summed E-state index contributed by atoms with van der Waals surface area (Å²) in [6.07, 6.45) is 5.14. The number of rotatable bonds is 6. The number of hydrogen-bond donors (Lipinski definition) is 1. The molecule has 0 saturated heterocycles. The molecule has 0 heterocycles. The number of nitrogens with one attached hydrogen (secondary N) is 1. The number of ether oxygens (including phenoxy) is 2. The molecule has 1 saturated carbocycles. The maximum absolute atomic E-state index is 12.6. The molecule has 1 aromatic carbocycles. The van der Waals surface area contributed by atoms with E-state index in [0.29, 0.717) is 11.5 Å². The molecule has 124 valence electrons. The normalized spacial score (nSPS) is 22.3. The monoisotopic (exact) mass is 327 g/mol. The first kappa shape index (κ1) is 17.1. The van der Waals surface area contributed by atoms with Gasteiger partial charge in [0.1, 0.15) is 16.4 Å². The van der Waals surface area contributed by atoms with Gasteiger partial charge in [0.05, 0.1) is 14.2 Å². The summed E-state index contributed by atoms with van der Waals surface area (Å²) in [5.41, 5.74) is 0. The second-order valence-electron chi connectivity index (χ2n) is 5.76. The van der Waals surface area contributed by atoms with Gasteiger partial charge in [0.2, 0.25) is 10.0 Å². The van der Waals surface area contributed by atoms with Gasteiger partial charge in [0.15, 0.2) is 0 Å². The van der Waals surface area contributed by atoms with Crippen molar-refractivity contribution >= 4 is 10.0 Å². The Bertz CT molecular complexity index is 592. The number of methoxy groups -OCH3 is 2. The Balaban J connectivity index is 2.13. The van der Waals surface area contributed by atoms with Gasteiger partial charge < -0.3 is 9.47 Å². The van der Waals surface area contributed by atoms with Gasteiger partial charge in [-0.3, -0.25) is 0 Å². The zero-order valence-corrected chi connectivity index (χ0v) is 14.3. The highest BCUT2D eigenvalue weighted by molar-refractivity contribution is 7.89. The molecule has 0 radical (unpaired) electrons. The molecule has 0 unspecified atom stereocenters. The summed E-state index contributed by atoms with van der Waals surface area (Å²) in [5.74, 6) is 1.60. The van der Waals surface area contributed by atoms with E-state index in [1.54, 1.807) is 12.1 Å². The summed E-state index contributed by atoms with van der Waals surface area (Å²) in [4.78, 5) is 0.161. The van der Waals surface area contributed by atoms with E-state index in [2.05, 4.69) is 11.6 Å². The summed E-state index contributed by atoms with van der Waals surface area (Å²) >= 11 is 0. The topological polar surface area (TPSA) is 64.6 Å². The molecule has 0 amide bonds. The van der Waals surface area contributed by atoms with Gasteiger partial charge in [-0.25, -0.2) is 13.1 Å². The maximum atomic E-state index is 12.6. The van der Waals surface area contributed by atoms with Crippen molar-refractivity contribution in [3.8, 4) is 11.5 Å². The molecule has 5 nitrogen and oxygen atoms in total. The summed E-state index contributed by atoms with van der Waals surface area (Å²) in [6, 6.07) is 4.75. The van der Waals surface area contributed by atoms with Crippen LogP contribution in [0.1, 0.15) is 39.0 Å². The predicted molar refractivity (Wildman–Crippen MR) is 85.9 cm³/mol. The number of sulfonamides is 1. The Hall–Kier alpha value is -1.27. The van der Waals surface area contributed by atoms with Crippen LogP contribution in [-0.2, 0) is 10.0 Å². The first-order chi connectivity index (χ1) is 10.5. The molecule has 0 atom stereocenters. The highest BCUT2D eigenvalue weighted by Crippen LogP contribution is 2.31. The van der Waals surface area contributed by atoms with Crippen molar-refractivity contribution in [2.75, 3.05) is 14.2 Å². The molecule has 1 aliphatic carbocycles. The minimum atomic E-state index is -3.58. The van der Waals surface area contributed by atoms with Crippen LogP contribution in [0.5, 0.6) is 11.5 Å². The number of benzene rings is 1. The third kappa shape index (κ3) is 3.93. The molecule has 0 aromatic heterocycles. The molecule has 6 heteroatoms. The van der Waals surface area contributed by atoms with Crippen molar-refractivity contribution in [3.05, 3.63) is 18.2 Å². The molecule has 1 aromatic rings. The van der Waals surface area contributed by atoms with Crippen LogP contribution in [-0.4, -0.2) is 28.7 Å². The van der Waals surface area contributed by atoms with E-state index in [0.717, 1.165) is 31.6 Å². The van der Waals surface area contributed by atoms with E-state index in [-0.39, 0.29) is 10.9 Å². The lowest BCUT2D eigenvalue weighted by Crippen LogP contribution is -2.37. The molecule has 2 rings (SSSR count). The molecular formula is C16H25NO4S. The summed E-state index contributed by atoms with van der Waals surface area (Å²) < 4.78 is 38.3. The molecule has 1 N–H and O–H groups in total. The third-order valence-corrected chi connectivity index (χ3v) is 5.97. The fraction of sp³-hybridized carbons (Fsp3) is 0.625. The van der Waals surface area contributed by atoms with Crippen LogP contribution < -0.4 is 14.2 Å². The smallest absolute Gasteiger partial charge is 0.244 e. The molecule has 0 aliphatic heterocycles. The van der Waals surface area contributed by atoms with Gasteiger partial charge in [-0.1, -0.05) is 13.3 Å². The van der Waals surface area contributed by atoms with Crippen molar-refractivity contribution in [1.82, 2.24) is 4.72 Å². The fourth-order valence-electron chi connectivity index (χ4n) is 2.97. The average molecular weight is 327 g/mol. The second kappa shape index (κ2) is 7.33. The first-order valence-corrected chi connectivity index (χ1v) is 9.22. The molecule has 1 fully saturated rings. The SMILES string of the molecule is CCC1CCC(NS(=O)(=O)c2ccc(OC)cc2OC)CC1. The van der Waals surface area contributed by atoms with Crippen LogP contribution >= 0.6 is 0 Å².